The van der Waals surface area contributed by atoms with Crippen molar-refractivity contribution in [3.8, 4) is 5.75 Å². The van der Waals surface area contributed by atoms with Crippen LogP contribution in [0.2, 0.25) is 10.0 Å². The van der Waals surface area contributed by atoms with Gasteiger partial charge in [-0.15, -0.1) is 0 Å². The summed E-state index contributed by atoms with van der Waals surface area (Å²) in [5, 5.41) is 1.87. The molecule has 29 heavy (non-hydrogen) atoms. The summed E-state index contributed by atoms with van der Waals surface area (Å²) in [4.78, 5) is 25.0. The monoisotopic (exact) mass is 456 g/mol. The molecule has 0 saturated heterocycles. The molecule has 0 unspecified atom stereocenters. The molecule has 2 rings (SSSR count). The van der Waals surface area contributed by atoms with Gasteiger partial charge in [0.25, 0.3) is 5.91 Å². The van der Waals surface area contributed by atoms with Gasteiger partial charge in [0.05, 0.1) is 21.3 Å². The van der Waals surface area contributed by atoms with Gasteiger partial charge in [0.15, 0.2) is 5.82 Å². The molecular formula is C17H11Cl2F5N2O3. The number of hydrogen-bond donors (Lipinski definition) is 1. The first-order valence-electron chi connectivity index (χ1n) is 7.61. The molecule has 0 aromatic heterocycles. The van der Waals surface area contributed by atoms with Crippen molar-refractivity contribution in [3.63, 3.8) is 0 Å². The van der Waals surface area contributed by atoms with E-state index in [9.17, 15) is 31.5 Å². The lowest BCUT2D eigenvalue weighted by Gasteiger charge is -2.20. The van der Waals surface area contributed by atoms with Crippen molar-refractivity contribution in [2.45, 2.75) is 12.5 Å². The van der Waals surface area contributed by atoms with E-state index >= 15 is 0 Å². The van der Waals surface area contributed by atoms with E-state index in [0.29, 0.717) is 11.0 Å². The van der Waals surface area contributed by atoms with Crippen LogP contribution >= 0.6 is 23.2 Å². The number of hydrogen-bond acceptors (Lipinski definition) is 3. The molecule has 0 aliphatic carbocycles. The summed E-state index contributed by atoms with van der Waals surface area (Å²) in [5.74, 6) is -3.09. The summed E-state index contributed by atoms with van der Waals surface area (Å²) in [7, 11) is 1.07. The molecule has 0 radical (unpaired) electrons. The molecule has 12 heteroatoms. The summed E-state index contributed by atoms with van der Waals surface area (Å²) >= 11 is 11.7. The van der Waals surface area contributed by atoms with E-state index in [4.69, 9.17) is 23.2 Å². The first-order chi connectivity index (χ1) is 13.4. The van der Waals surface area contributed by atoms with Gasteiger partial charge in [-0.25, -0.2) is 9.18 Å². The number of ether oxygens (including phenoxy) is 1. The standard InChI is InChI=1S/C17H11Cl2F5N2O3/c1-26(16(28)25-14(27)13-9(18)3-2-4-10(13)19)12-6-5-8(7-11(12)20)29-17(23,24)15(21)22/h2-7,15H,1H3,(H,25,27,28). The van der Waals surface area contributed by atoms with E-state index in [0.717, 1.165) is 19.2 Å². The van der Waals surface area contributed by atoms with Gasteiger partial charge in [-0.3, -0.25) is 15.0 Å². The number of imide groups is 1. The van der Waals surface area contributed by atoms with Crippen LogP contribution in [0, 0.1) is 5.82 Å². The van der Waals surface area contributed by atoms with E-state index in [1.807, 2.05) is 5.32 Å². The average molecular weight is 457 g/mol. The van der Waals surface area contributed by atoms with Crippen molar-refractivity contribution in [2.24, 2.45) is 0 Å². The lowest BCUT2D eigenvalue weighted by molar-refractivity contribution is -0.253. The number of benzene rings is 2. The molecule has 0 saturated carbocycles. The Morgan fingerprint density at radius 3 is 2.24 bits per heavy atom. The third kappa shape index (κ3) is 5.27. The molecule has 2 aromatic rings. The highest BCUT2D eigenvalue weighted by molar-refractivity contribution is 6.40. The molecule has 156 valence electrons. The largest absolute Gasteiger partial charge is 0.461 e. The zero-order valence-electron chi connectivity index (χ0n) is 14.4. The Hall–Kier alpha value is -2.59. The van der Waals surface area contributed by atoms with Crippen molar-refractivity contribution in [3.05, 3.63) is 57.8 Å². The number of nitrogens with zero attached hydrogens (tertiary/aromatic N) is 1. The number of urea groups is 1. The fraction of sp³-hybridized carbons (Fsp3) is 0.176. The SMILES string of the molecule is CN(C(=O)NC(=O)c1c(Cl)cccc1Cl)c1ccc(OC(F)(F)C(F)F)cc1F. The van der Waals surface area contributed by atoms with Gasteiger partial charge < -0.3 is 4.74 Å². The number of alkyl halides is 4. The number of amides is 3. The highest BCUT2D eigenvalue weighted by Crippen LogP contribution is 2.30. The fourth-order valence-electron chi connectivity index (χ4n) is 2.09. The molecule has 3 amide bonds. The topological polar surface area (TPSA) is 58.6 Å². The molecule has 0 fully saturated rings. The van der Waals surface area contributed by atoms with Crippen molar-refractivity contribution < 1.29 is 36.3 Å². The van der Waals surface area contributed by atoms with Crippen molar-refractivity contribution in [1.29, 1.82) is 0 Å². The van der Waals surface area contributed by atoms with Gasteiger partial charge in [-0.2, -0.15) is 17.6 Å². The number of rotatable bonds is 5. The molecular weight excluding hydrogens is 446 g/mol. The highest BCUT2D eigenvalue weighted by Gasteiger charge is 2.44. The average Bonchev–Trinajstić information content (AvgIpc) is 2.60. The Balaban J connectivity index is 2.16. The van der Waals surface area contributed by atoms with Crippen LogP contribution < -0.4 is 15.0 Å². The normalized spacial score (nSPS) is 11.3. The van der Waals surface area contributed by atoms with E-state index in [2.05, 4.69) is 4.74 Å². The Morgan fingerprint density at radius 2 is 1.72 bits per heavy atom. The van der Waals surface area contributed by atoms with Crippen LogP contribution in [0.25, 0.3) is 0 Å². The molecule has 0 bridgehead atoms. The van der Waals surface area contributed by atoms with Gasteiger partial charge >= 0.3 is 18.6 Å². The molecule has 0 atom stereocenters. The van der Waals surface area contributed by atoms with E-state index in [-0.39, 0.29) is 15.6 Å². The quantitative estimate of drug-likeness (QED) is 0.616. The van der Waals surface area contributed by atoms with Crippen molar-refractivity contribution in [2.75, 3.05) is 11.9 Å². The van der Waals surface area contributed by atoms with Crippen LogP contribution in [0.3, 0.4) is 0 Å². The third-order valence-electron chi connectivity index (χ3n) is 3.50. The first kappa shape index (κ1) is 22.7. The molecule has 1 N–H and O–H groups in total. The predicted molar refractivity (Wildman–Crippen MR) is 95.7 cm³/mol. The number of anilines is 1. The second-order valence-electron chi connectivity index (χ2n) is 5.49. The van der Waals surface area contributed by atoms with Gasteiger partial charge in [0, 0.05) is 13.1 Å². The van der Waals surface area contributed by atoms with Crippen LogP contribution in [0.1, 0.15) is 10.4 Å². The number of carbonyl (C=O) groups is 2. The Bertz CT molecular complexity index is 923. The van der Waals surface area contributed by atoms with Gasteiger partial charge in [0.1, 0.15) is 5.75 Å². The second-order valence-corrected chi connectivity index (χ2v) is 6.31. The Labute approximate surface area is 170 Å². The van der Waals surface area contributed by atoms with Crippen LogP contribution in [-0.4, -0.2) is 31.5 Å². The van der Waals surface area contributed by atoms with Crippen molar-refractivity contribution >= 4 is 40.8 Å². The summed E-state index contributed by atoms with van der Waals surface area (Å²) in [5.41, 5.74) is -0.635. The smallest absolute Gasteiger partial charge is 0.428 e. The lowest BCUT2D eigenvalue weighted by atomic mass is 10.2. The maximum atomic E-state index is 14.2. The van der Waals surface area contributed by atoms with Gasteiger partial charge in [-0.1, -0.05) is 29.3 Å². The molecule has 0 spiro atoms. The van der Waals surface area contributed by atoms with Crippen LogP contribution in [0.4, 0.5) is 32.4 Å². The lowest BCUT2D eigenvalue weighted by Crippen LogP contribution is -2.41. The maximum absolute atomic E-state index is 14.2. The Kier molecular flexibility index (Phi) is 6.91. The summed E-state index contributed by atoms with van der Waals surface area (Å²) in [6.07, 6.45) is -8.95. The van der Waals surface area contributed by atoms with Crippen LogP contribution in [0.5, 0.6) is 5.75 Å². The minimum atomic E-state index is -4.82. The zero-order valence-corrected chi connectivity index (χ0v) is 15.9. The minimum absolute atomic E-state index is 0.0295. The van der Waals surface area contributed by atoms with E-state index < -0.39 is 41.7 Å². The number of halogens is 7. The predicted octanol–water partition coefficient (Wildman–Crippen LogP) is 5.36. The van der Waals surface area contributed by atoms with E-state index in [1.165, 1.54) is 18.2 Å². The molecule has 2 aromatic carbocycles. The molecule has 0 aliphatic heterocycles. The fourth-order valence-corrected chi connectivity index (χ4v) is 2.66. The summed E-state index contributed by atoms with van der Waals surface area (Å²) in [6.45, 7) is 0. The van der Waals surface area contributed by atoms with Gasteiger partial charge in [0.2, 0.25) is 0 Å². The molecule has 0 aliphatic rings. The number of nitrogens with one attached hydrogen (secondary N) is 1. The number of carbonyl (C=O) groups excluding carboxylic acids is 2. The maximum Gasteiger partial charge on any atom is 0.461 e. The van der Waals surface area contributed by atoms with Crippen molar-refractivity contribution in [1.82, 2.24) is 5.32 Å². The van der Waals surface area contributed by atoms with Crippen LogP contribution in [-0.2, 0) is 0 Å². The molecule has 0 heterocycles. The molecule has 5 nitrogen and oxygen atoms in total. The summed E-state index contributed by atoms with van der Waals surface area (Å²) < 4.78 is 68.0. The summed E-state index contributed by atoms with van der Waals surface area (Å²) in [6, 6.07) is 5.09. The second kappa shape index (κ2) is 8.83. The zero-order chi connectivity index (χ0) is 21.9. The Morgan fingerprint density at radius 1 is 1.14 bits per heavy atom. The van der Waals surface area contributed by atoms with Gasteiger partial charge in [-0.05, 0) is 24.3 Å². The van der Waals surface area contributed by atoms with Crippen LogP contribution in [0.15, 0.2) is 36.4 Å². The minimum Gasteiger partial charge on any atom is -0.428 e. The highest BCUT2D eigenvalue weighted by atomic mass is 35.5. The van der Waals surface area contributed by atoms with E-state index in [1.54, 1.807) is 0 Å². The first-order valence-corrected chi connectivity index (χ1v) is 8.37. The third-order valence-corrected chi connectivity index (χ3v) is 4.13.